The fourth-order valence-electron chi connectivity index (χ4n) is 2.86. The summed E-state index contributed by atoms with van der Waals surface area (Å²) in [6.07, 6.45) is 5.89. The van der Waals surface area contributed by atoms with Gasteiger partial charge in [-0.1, -0.05) is 18.2 Å². The lowest BCUT2D eigenvalue weighted by Gasteiger charge is -2.27. The molecule has 0 atom stereocenters. The molecule has 0 saturated carbocycles. The number of benzene rings is 1. The number of allylic oxidation sites excluding steroid dienone is 2. The van der Waals surface area contributed by atoms with Crippen molar-refractivity contribution in [2.75, 3.05) is 37.2 Å². The topological polar surface area (TPSA) is 85.4 Å². The summed E-state index contributed by atoms with van der Waals surface area (Å²) in [5, 5.41) is 0. The van der Waals surface area contributed by atoms with Crippen molar-refractivity contribution < 1.29 is 28.6 Å². The molecule has 1 amide bonds. The Labute approximate surface area is 155 Å². The lowest BCUT2D eigenvalue weighted by molar-refractivity contribution is -0.139. The van der Waals surface area contributed by atoms with Crippen LogP contribution in [0.25, 0.3) is 0 Å². The van der Waals surface area contributed by atoms with Crippen molar-refractivity contribution in [3.8, 4) is 0 Å². The van der Waals surface area contributed by atoms with Crippen molar-refractivity contribution in [2.24, 2.45) is 0 Å². The van der Waals surface area contributed by atoms with Crippen molar-refractivity contribution in [2.45, 2.75) is 0 Å². The predicted molar refractivity (Wildman–Crippen MR) is 97.0 cm³/mol. The van der Waals surface area contributed by atoms with Gasteiger partial charge in [0.25, 0.3) is 0 Å². The predicted octanol–water partition coefficient (Wildman–Crippen LogP) is 2.13. The molecule has 1 aromatic rings. The second-order valence-corrected chi connectivity index (χ2v) is 5.57. The van der Waals surface area contributed by atoms with Gasteiger partial charge in [-0.05, 0) is 24.3 Å². The fourth-order valence-corrected chi connectivity index (χ4v) is 2.86. The Balaban J connectivity index is 2.18. The number of carbonyl (C=O) groups excluding carboxylic acids is 3. The Bertz CT molecular complexity index is 871. The van der Waals surface area contributed by atoms with Gasteiger partial charge >= 0.3 is 18.0 Å². The standard InChI is InChI=1S/C19H18N2O6/c1-25-17(22)13-7-5-6-10-20(16(13)18(23)26-2)14-8-3-4-9-15(14)21-11-12-27-19(21)24/h3-10H,11-12H2,1-2H3. The van der Waals surface area contributed by atoms with Crippen LogP contribution in [-0.2, 0) is 23.8 Å². The molecular weight excluding hydrogens is 352 g/mol. The first-order valence-corrected chi connectivity index (χ1v) is 8.16. The molecule has 1 fully saturated rings. The number of hydrogen-bond donors (Lipinski definition) is 0. The molecule has 0 radical (unpaired) electrons. The average molecular weight is 370 g/mol. The zero-order valence-electron chi connectivity index (χ0n) is 14.9. The van der Waals surface area contributed by atoms with Crippen LogP contribution in [0.5, 0.6) is 0 Å². The Morgan fingerprint density at radius 3 is 2.37 bits per heavy atom. The van der Waals surface area contributed by atoms with Crippen molar-refractivity contribution in [1.82, 2.24) is 0 Å². The second-order valence-electron chi connectivity index (χ2n) is 5.57. The van der Waals surface area contributed by atoms with Crippen molar-refractivity contribution >= 4 is 29.4 Å². The average Bonchev–Trinajstić information content (AvgIpc) is 3.00. The Kier molecular flexibility index (Phi) is 5.25. The normalized spacial score (nSPS) is 16.3. The molecule has 8 heteroatoms. The Morgan fingerprint density at radius 2 is 1.74 bits per heavy atom. The molecule has 0 aromatic heterocycles. The minimum atomic E-state index is -0.717. The fraction of sp³-hybridized carbons (Fsp3) is 0.211. The van der Waals surface area contributed by atoms with Crippen molar-refractivity contribution in [3.63, 3.8) is 0 Å². The largest absolute Gasteiger partial charge is 0.465 e. The number of anilines is 2. The van der Waals surface area contributed by atoms with E-state index in [-0.39, 0.29) is 17.9 Å². The van der Waals surface area contributed by atoms with Crippen molar-refractivity contribution in [1.29, 1.82) is 0 Å². The molecule has 140 valence electrons. The molecule has 0 spiro atoms. The molecule has 8 nitrogen and oxygen atoms in total. The number of nitrogens with zero attached hydrogens (tertiary/aromatic N) is 2. The first-order chi connectivity index (χ1) is 13.1. The van der Waals surface area contributed by atoms with Crippen LogP contribution in [0.4, 0.5) is 16.2 Å². The van der Waals surface area contributed by atoms with Crippen LogP contribution in [0.2, 0.25) is 0 Å². The van der Waals surface area contributed by atoms with Crippen LogP contribution in [-0.4, -0.2) is 45.4 Å². The van der Waals surface area contributed by atoms with E-state index in [0.717, 1.165) is 0 Å². The molecule has 3 rings (SSSR count). The molecule has 1 saturated heterocycles. The molecule has 0 unspecified atom stereocenters. The van der Waals surface area contributed by atoms with Crippen LogP contribution < -0.4 is 9.80 Å². The molecule has 0 bridgehead atoms. The van der Waals surface area contributed by atoms with Crippen LogP contribution >= 0.6 is 0 Å². The summed E-state index contributed by atoms with van der Waals surface area (Å²) in [6, 6.07) is 7.00. The smallest absolute Gasteiger partial charge is 0.414 e. The van der Waals surface area contributed by atoms with E-state index in [0.29, 0.717) is 17.9 Å². The highest BCUT2D eigenvalue weighted by Crippen LogP contribution is 2.35. The Hall–Kier alpha value is -3.55. The van der Waals surface area contributed by atoms with E-state index in [4.69, 9.17) is 14.2 Å². The van der Waals surface area contributed by atoms with Crippen molar-refractivity contribution in [3.05, 3.63) is 60.0 Å². The highest BCUT2D eigenvalue weighted by molar-refractivity contribution is 6.06. The van der Waals surface area contributed by atoms with Crippen LogP contribution in [0.1, 0.15) is 0 Å². The first-order valence-electron chi connectivity index (χ1n) is 8.16. The van der Waals surface area contributed by atoms with E-state index in [2.05, 4.69) is 0 Å². The van der Waals surface area contributed by atoms with E-state index < -0.39 is 18.0 Å². The van der Waals surface area contributed by atoms with E-state index in [9.17, 15) is 14.4 Å². The third kappa shape index (κ3) is 3.41. The summed E-state index contributed by atoms with van der Waals surface area (Å²) in [4.78, 5) is 39.8. The summed E-state index contributed by atoms with van der Waals surface area (Å²) < 4.78 is 14.7. The van der Waals surface area contributed by atoms with Gasteiger partial charge < -0.3 is 19.1 Å². The maximum atomic E-state index is 12.5. The number of cyclic esters (lactones) is 1. The number of amides is 1. The zero-order chi connectivity index (χ0) is 19.4. The number of methoxy groups -OCH3 is 2. The number of para-hydroxylation sites is 2. The number of ether oxygens (including phenoxy) is 3. The zero-order valence-corrected chi connectivity index (χ0v) is 14.9. The lowest BCUT2D eigenvalue weighted by atomic mass is 10.1. The van der Waals surface area contributed by atoms with Gasteiger partial charge in [0.15, 0.2) is 0 Å². The summed E-state index contributed by atoms with van der Waals surface area (Å²) in [5.41, 5.74) is 1.07. The van der Waals surface area contributed by atoms with Gasteiger partial charge in [-0.3, -0.25) is 4.90 Å². The molecule has 27 heavy (non-hydrogen) atoms. The number of esters is 2. The van der Waals surface area contributed by atoms with Gasteiger partial charge in [0.05, 0.1) is 37.7 Å². The molecule has 0 N–H and O–H groups in total. The minimum absolute atomic E-state index is 0.0191. The summed E-state index contributed by atoms with van der Waals surface area (Å²) in [7, 11) is 2.46. The maximum absolute atomic E-state index is 12.5. The molecule has 2 heterocycles. The highest BCUT2D eigenvalue weighted by atomic mass is 16.6. The van der Waals surface area contributed by atoms with Crippen LogP contribution in [0, 0.1) is 0 Å². The quantitative estimate of drug-likeness (QED) is 0.593. The first kappa shape index (κ1) is 18.2. The third-order valence-corrected chi connectivity index (χ3v) is 4.08. The van der Waals surface area contributed by atoms with Crippen LogP contribution in [0.3, 0.4) is 0 Å². The van der Waals surface area contributed by atoms with Gasteiger partial charge in [-0.2, -0.15) is 0 Å². The van der Waals surface area contributed by atoms with Gasteiger partial charge in [-0.25, -0.2) is 14.4 Å². The third-order valence-electron chi connectivity index (χ3n) is 4.08. The molecular formula is C19H18N2O6. The van der Waals surface area contributed by atoms with E-state index in [1.54, 1.807) is 42.6 Å². The molecule has 0 aliphatic carbocycles. The number of carbonyl (C=O) groups is 3. The lowest BCUT2D eigenvalue weighted by Crippen LogP contribution is -2.30. The minimum Gasteiger partial charge on any atom is -0.465 e. The highest BCUT2D eigenvalue weighted by Gasteiger charge is 2.32. The van der Waals surface area contributed by atoms with Crippen LogP contribution in [0.15, 0.2) is 60.0 Å². The Morgan fingerprint density at radius 1 is 1.04 bits per heavy atom. The maximum Gasteiger partial charge on any atom is 0.414 e. The summed E-state index contributed by atoms with van der Waals surface area (Å²) in [5.74, 6) is -1.40. The summed E-state index contributed by atoms with van der Waals surface area (Å²) >= 11 is 0. The molecule has 2 aliphatic rings. The SMILES string of the molecule is COC(=O)C1=C(C(=O)OC)N(c2ccccc2N2CCOC2=O)C=CC=C1. The molecule has 2 aliphatic heterocycles. The van der Waals surface area contributed by atoms with Gasteiger partial charge in [0.1, 0.15) is 12.3 Å². The summed E-state index contributed by atoms with van der Waals surface area (Å²) in [6.45, 7) is 0.657. The molecule has 1 aromatic carbocycles. The van der Waals surface area contributed by atoms with Gasteiger partial charge in [0.2, 0.25) is 0 Å². The van der Waals surface area contributed by atoms with E-state index in [1.807, 2.05) is 0 Å². The van der Waals surface area contributed by atoms with E-state index >= 15 is 0 Å². The van der Waals surface area contributed by atoms with Gasteiger partial charge in [0, 0.05) is 6.20 Å². The number of hydrogen-bond acceptors (Lipinski definition) is 7. The second kappa shape index (κ2) is 7.77. The van der Waals surface area contributed by atoms with E-state index in [1.165, 1.54) is 30.1 Å². The van der Waals surface area contributed by atoms with Gasteiger partial charge in [-0.15, -0.1) is 0 Å². The number of rotatable bonds is 4. The monoisotopic (exact) mass is 370 g/mol.